The van der Waals surface area contributed by atoms with Crippen LogP contribution < -0.4 is 15.4 Å². The van der Waals surface area contributed by atoms with E-state index in [9.17, 15) is 14.9 Å². The van der Waals surface area contributed by atoms with Crippen molar-refractivity contribution >= 4 is 24.0 Å². The van der Waals surface area contributed by atoms with Gasteiger partial charge in [0.2, 0.25) is 0 Å². The number of carbonyl (C=O) groups is 1. The topological polar surface area (TPSA) is 93.5 Å². The van der Waals surface area contributed by atoms with Crippen LogP contribution in [0.2, 0.25) is 0 Å². The molecule has 1 aliphatic heterocycles. The molecule has 1 aromatic rings. The highest BCUT2D eigenvalue weighted by Gasteiger charge is 2.29. The molecule has 3 atom stereocenters. The van der Waals surface area contributed by atoms with E-state index in [1.165, 1.54) is 25.3 Å². The van der Waals surface area contributed by atoms with Gasteiger partial charge in [0.1, 0.15) is 0 Å². The number of hydrogen-bond acceptors (Lipinski definition) is 5. The number of nitrogens with one attached hydrogen (secondary N) is 2. The van der Waals surface area contributed by atoms with Gasteiger partial charge in [-0.3, -0.25) is 14.9 Å². The van der Waals surface area contributed by atoms with E-state index >= 15 is 0 Å². The summed E-state index contributed by atoms with van der Waals surface area (Å²) in [5.41, 5.74) is 0.0514. The number of halogens is 1. The average molecular weight is 344 g/mol. The third kappa shape index (κ3) is 4.33. The molecule has 2 rings (SSSR count). The van der Waals surface area contributed by atoms with E-state index in [4.69, 9.17) is 4.74 Å². The summed E-state index contributed by atoms with van der Waals surface area (Å²) in [6.07, 6.45) is 0.984. The van der Waals surface area contributed by atoms with E-state index < -0.39 is 4.92 Å². The molecule has 3 unspecified atom stereocenters. The molecule has 7 nitrogen and oxygen atoms in total. The molecular formula is C15H22ClN3O4. The summed E-state index contributed by atoms with van der Waals surface area (Å²) < 4.78 is 4.94. The zero-order chi connectivity index (χ0) is 16.3. The minimum atomic E-state index is -0.553. The number of nitro groups is 1. The third-order valence-electron chi connectivity index (χ3n) is 4.15. The lowest BCUT2D eigenvalue weighted by atomic mass is 9.89. The van der Waals surface area contributed by atoms with Gasteiger partial charge in [-0.15, -0.1) is 12.4 Å². The number of nitrogens with zero attached hydrogens (tertiary/aromatic N) is 1. The number of carbonyl (C=O) groups excluding carboxylic acids is 1. The lowest BCUT2D eigenvalue weighted by molar-refractivity contribution is -0.385. The maximum absolute atomic E-state index is 12.4. The second-order valence-electron chi connectivity index (χ2n) is 5.65. The van der Waals surface area contributed by atoms with Crippen molar-refractivity contribution < 1.29 is 14.5 Å². The minimum absolute atomic E-state index is 0. The molecule has 1 heterocycles. The van der Waals surface area contributed by atoms with Crippen LogP contribution in [0.3, 0.4) is 0 Å². The van der Waals surface area contributed by atoms with Crippen LogP contribution in [0.1, 0.15) is 30.6 Å². The Morgan fingerprint density at radius 1 is 1.43 bits per heavy atom. The normalized spacial score (nSPS) is 23.5. The summed E-state index contributed by atoms with van der Waals surface area (Å²) in [5, 5.41) is 17.3. The van der Waals surface area contributed by atoms with Gasteiger partial charge in [-0.05, 0) is 37.9 Å². The maximum Gasteiger partial charge on any atom is 0.311 e. The van der Waals surface area contributed by atoms with Gasteiger partial charge >= 0.3 is 5.69 Å². The van der Waals surface area contributed by atoms with Crippen LogP contribution in [-0.2, 0) is 0 Å². The van der Waals surface area contributed by atoms with E-state index in [0.29, 0.717) is 5.92 Å². The number of rotatable bonds is 4. The first kappa shape index (κ1) is 19.2. The standard InChI is InChI=1S/C15H21N3O4.ClH/c1-9-6-7-16-10(2)14(9)17-15(19)11-4-5-13(22-3)12(8-11)18(20)21;/h4-5,8-10,14,16H,6-7H2,1-3H3,(H,17,19);1H. The molecule has 1 fully saturated rings. The molecule has 1 aromatic carbocycles. The van der Waals surface area contributed by atoms with E-state index in [1.54, 1.807) is 0 Å². The zero-order valence-electron chi connectivity index (χ0n) is 13.4. The van der Waals surface area contributed by atoms with Crippen molar-refractivity contribution in [3.8, 4) is 5.75 Å². The highest BCUT2D eigenvalue weighted by Crippen LogP contribution is 2.27. The van der Waals surface area contributed by atoms with Gasteiger partial charge in [0.05, 0.1) is 12.0 Å². The molecule has 0 saturated carbocycles. The number of benzene rings is 1. The third-order valence-corrected chi connectivity index (χ3v) is 4.15. The van der Waals surface area contributed by atoms with Crippen molar-refractivity contribution in [2.24, 2.45) is 5.92 Å². The first-order valence-corrected chi connectivity index (χ1v) is 7.30. The summed E-state index contributed by atoms with van der Waals surface area (Å²) in [7, 11) is 1.36. The largest absolute Gasteiger partial charge is 0.490 e. The molecule has 0 aromatic heterocycles. The number of piperidine rings is 1. The van der Waals surface area contributed by atoms with Crippen molar-refractivity contribution in [2.75, 3.05) is 13.7 Å². The van der Waals surface area contributed by atoms with Crippen LogP contribution in [-0.4, -0.2) is 36.6 Å². The Balaban J connectivity index is 0.00000264. The summed E-state index contributed by atoms with van der Waals surface area (Å²) in [6.45, 7) is 5.05. The second kappa shape index (κ2) is 8.12. The van der Waals surface area contributed by atoms with Crippen LogP contribution in [0.5, 0.6) is 5.75 Å². The van der Waals surface area contributed by atoms with Crippen molar-refractivity contribution in [1.82, 2.24) is 10.6 Å². The predicted molar refractivity (Wildman–Crippen MR) is 89.4 cm³/mol. The lowest BCUT2D eigenvalue weighted by Gasteiger charge is -2.36. The summed E-state index contributed by atoms with van der Waals surface area (Å²) in [4.78, 5) is 22.9. The smallest absolute Gasteiger partial charge is 0.311 e. The number of ether oxygens (including phenoxy) is 1. The molecule has 0 bridgehead atoms. The Labute approximate surface area is 141 Å². The highest BCUT2D eigenvalue weighted by molar-refractivity contribution is 5.95. The molecule has 23 heavy (non-hydrogen) atoms. The van der Waals surface area contributed by atoms with Gasteiger partial charge in [-0.1, -0.05) is 6.92 Å². The van der Waals surface area contributed by atoms with Crippen molar-refractivity contribution in [3.63, 3.8) is 0 Å². The Morgan fingerprint density at radius 2 is 2.13 bits per heavy atom. The number of amides is 1. The number of nitro benzene ring substituents is 1. The van der Waals surface area contributed by atoms with E-state index in [2.05, 4.69) is 17.6 Å². The van der Waals surface area contributed by atoms with Crippen LogP contribution >= 0.6 is 12.4 Å². The molecule has 0 radical (unpaired) electrons. The minimum Gasteiger partial charge on any atom is -0.490 e. The number of hydrogen-bond donors (Lipinski definition) is 2. The van der Waals surface area contributed by atoms with Crippen molar-refractivity contribution in [2.45, 2.75) is 32.4 Å². The van der Waals surface area contributed by atoms with E-state index in [-0.39, 0.29) is 47.4 Å². The molecular weight excluding hydrogens is 322 g/mol. The quantitative estimate of drug-likeness (QED) is 0.645. The van der Waals surface area contributed by atoms with Gasteiger partial charge in [0, 0.05) is 23.7 Å². The predicted octanol–water partition coefficient (Wildman–Crippen LogP) is 2.14. The van der Waals surface area contributed by atoms with Crippen LogP contribution in [0.25, 0.3) is 0 Å². The fourth-order valence-corrected chi connectivity index (χ4v) is 2.81. The summed E-state index contributed by atoms with van der Waals surface area (Å²) in [5.74, 6) is 0.189. The SMILES string of the molecule is COc1ccc(C(=O)NC2C(C)CCNC2C)cc1[N+](=O)[O-].Cl. The second-order valence-corrected chi connectivity index (χ2v) is 5.65. The van der Waals surface area contributed by atoms with Crippen molar-refractivity contribution in [3.05, 3.63) is 33.9 Å². The Kier molecular flexibility index (Phi) is 6.78. The monoisotopic (exact) mass is 343 g/mol. The first-order chi connectivity index (χ1) is 10.4. The van der Waals surface area contributed by atoms with E-state index in [0.717, 1.165) is 13.0 Å². The van der Waals surface area contributed by atoms with Crippen LogP contribution in [0, 0.1) is 16.0 Å². The van der Waals surface area contributed by atoms with Crippen LogP contribution in [0.15, 0.2) is 18.2 Å². The van der Waals surface area contributed by atoms with Gasteiger partial charge in [0.15, 0.2) is 5.75 Å². The first-order valence-electron chi connectivity index (χ1n) is 7.30. The Bertz CT molecular complexity index is 572. The molecule has 128 valence electrons. The fraction of sp³-hybridized carbons (Fsp3) is 0.533. The van der Waals surface area contributed by atoms with Gasteiger partial charge in [0.25, 0.3) is 5.91 Å². The van der Waals surface area contributed by atoms with Gasteiger partial charge in [-0.2, -0.15) is 0 Å². The lowest BCUT2D eigenvalue weighted by Crippen LogP contribution is -2.55. The van der Waals surface area contributed by atoms with Crippen LogP contribution in [0.4, 0.5) is 5.69 Å². The van der Waals surface area contributed by atoms with E-state index in [1.807, 2.05) is 6.92 Å². The Hall–Kier alpha value is -1.86. The van der Waals surface area contributed by atoms with Gasteiger partial charge < -0.3 is 15.4 Å². The molecule has 8 heteroatoms. The molecule has 2 N–H and O–H groups in total. The highest BCUT2D eigenvalue weighted by atomic mass is 35.5. The molecule has 0 aliphatic carbocycles. The number of methoxy groups -OCH3 is 1. The molecule has 0 spiro atoms. The Morgan fingerprint density at radius 3 is 2.70 bits per heavy atom. The zero-order valence-corrected chi connectivity index (χ0v) is 14.2. The summed E-state index contributed by atoms with van der Waals surface area (Å²) >= 11 is 0. The van der Waals surface area contributed by atoms with Gasteiger partial charge in [-0.25, -0.2) is 0 Å². The maximum atomic E-state index is 12.4. The average Bonchev–Trinajstić information content (AvgIpc) is 2.50. The molecule has 1 aliphatic rings. The molecule has 1 saturated heterocycles. The summed E-state index contributed by atoms with van der Waals surface area (Å²) in [6, 6.07) is 4.40. The fourth-order valence-electron chi connectivity index (χ4n) is 2.81. The molecule has 1 amide bonds. The van der Waals surface area contributed by atoms with Crippen molar-refractivity contribution in [1.29, 1.82) is 0 Å².